The highest BCUT2D eigenvalue weighted by Crippen LogP contribution is 2.35. The second kappa shape index (κ2) is 8.42. The highest BCUT2D eigenvalue weighted by atomic mass is 79.9. The lowest BCUT2D eigenvalue weighted by Gasteiger charge is -2.34. The number of carbonyl (C=O) groups excluding carboxylic acids is 1. The van der Waals surface area contributed by atoms with E-state index < -0.39 is 0 Å². The fourth-order valence-corrected chi connectivity index (χ4v) is 4.25. The van der Waals surface area contributed by atoms with Gasteiger partial charge in [-0.05, 0) is 78.0 Å². The summed E-state index contributed by atoms with van der Waals surface area (Å²) in [6.45, 7) is 13.0. The van der Waals surface area contributed by atoms with Crippen molar-refractivity contribution in [2.75, 3.05) is 5.32 Å². The molecule has 3 rings (SSSR count). The molecule has 0 unspecified atom stereocenters. The number of rotatable bonds is 6. The molecule has 0 bridgehead atoms. The van der Waals surface area contributed by atoms with Crippen molar-refractivity contribution in [3.8, 4) is 17.0 Å². The third-order valence-corrected chi connectivity index (χ3v) is 5.13. The molecule has 6 heteroatoms. The van der Waals surface area contributed by atoms with Crippen molar-refractivity contribution in [2.45, 2.75) is 59.9 Å². The molecule has 0 spiro atoms. The van der Waals surface area contributed by atoms with Gasteiger partial charge >= 0.3 is 5.97 Å². The van der Waals surface area contributed by atoms with Crippen LogP contribution in [0.25, 0.3) is 16.9 Å². The molecule has 0 saturated carbocycles. The SMILES string of the molecule is CCC(=O)Oc1ccc(-c2nc3ccc(Br)cn3c2NC(C)(C)CC(C)(C)C)cc1. The summed E-state index contributed by atoms with van der Waals surface area (Å²) >= 11 is 3.57. The van der Waals surface area contributed by atoms with Crippen molar-refractivity contribution in [1.29, 1.82) is 0 Å². The smallest absolute Gasteiger partial charge is 0.310 e. The number of imidazole rings is 1. The molecule has 0 aliphatic heterocycles. The van der Waals surface area contributed by atoms with Crippen molar-refractivity contribution in [3.05, 3.63) is 47.1 Å². The Morgan fingerprint density at radius 2 is 1.77 bits per heavy atom. The van der Waals surface area contributed by atoms with E-state index in [1.807, 2.05) is 42.6 Å². The number of halogens is 1. The summed E-state index contributed by atoms with van der Waals surface area (Å²) in [6, 6.07) is 11.5. The largest absolute Gasteiger partial charge is 0.427 e. The number of pyridine rings is 1. The highest BCUT2D eigenvalue weighted by Gasteiger charge is 2.28. The summed E-state index contributed by atoms with van der Waals surface area (Å²) in [4.78, 5) is 16.4. The lowest BCUT2D eigenvalue weighted by atomic mass is 9.82. The van der Waals surface area contributed by atoms with Gasteiger partial charge in [-0.3, -0.25) is 9.20 Å². The standard InChI is InChI=1S/C24H30BrN3O2/c1-7-20(29)30-18-11-8-16(9-12-18)21-22(27-24(5,6)15-23(2,3)4)28-14-17(25)10-13-19(28)26-21/h8-14,27H,7,15H2,1-6H3. The summed E-state index contributed by atoms with van der Waals surface area (Å²) in [7, 11) is 0. The van der Waals surface area contributed by atoms with E-state index in [-0.39, 0.29) is 16.9 Å². The monoisotopic (exact) mass is 471 g/mol. The van der Waals surface area contributed by atoms with Crippen molar-refractivity contribution < 1.29 is 9.53 Å². The number of esters is 1. The Morgan fingerprint density at radius 1 is 1.10 bits per heavy atom. The summed E-state index contributed by atoms with van der Waals surface area (Å²) in [5.74, 6) is 1.24. The molecule has 30 heavy (non-hydrogen) atoms. The van der Waals surface area contributed by atoms with E-state index in [1.54, 1.807) is 6.92 Å². The molecule has 0 fully saturated rings. The first kappa shape index (κ1) is 22.3. The molecule has 0 amide bonds. The fraction of sp³-hybridized carbons (Fsp3) is 0.417. The third kappa shape index (κ3) is 5.42. The van der Waals surface area contributed by atoms with Gasteiger partial charge in [0.25, 0.3) is 0 Å². The molecule has 0 saturated heterocycles. The van der Waals surface area contributed by atoms with Crippen LogP contribution in [0.1, 0.15) is 54.4 Å². The Bertz CT molecular complexity index is 1050. The van der Waals surface area contributed by atoms with Crippen LogP contribution in [0.4, 0.5) is 5.82 Å². The summed E-state index contributed by atoms with van der Waals surface area (Å²) < 4.78 is 8.37. The molecule has 2 aromatic heterocycles. The number of nitrogens with one attached hydrogen (secondary N) is 1. The Hall–Kier alpha value is -2.34. The number of aromatic nitrogens is 2. The first-order valence-corrected chi connectivity index (χ1v) is 11.0. The Kier molecular flexibility index (Phi) is 6.27. The maximum atomic E-state index is 11.6. The van der Waals surface area contributed by atoms with Crippen LogP contribution in [0, 0.1) is 5.41 Å². The molecule has 3 aromatic rings. The molecule has 2 heterocycles. The zero-order valence-electron chi connectivity index (χ0n) is 18.5. The van der Waals surface area contributed by atoms with Crippen molar-refractivity contribution >= 4 is 33.4 Å². The molecule has 0 aliphatic carbocycles. The number of nitrogens with zero attached hydrogens (tertiary/aromatic N) is 2. The summed E-state index contributed by atoms with van der Waals surface area (Å²) in [5.41, 5.74) is 2.73. The van der Waals surface area contributed by atoms with E-state index in [2.05, 4.69) is 60.3 Å². The van der Waals surface area contributed by atoms with Crippen LogP contribution in [-0.4, -0.2) is 20.9 Å². The predicted octanol–water partition coefficient (Wildman–Crippen LogP) is 6.71. The van der Waals surface area contributed by atoms with Crippen LogP contribution in [-0.2, 0) is 4.79 Å². The first-order chi connectivity index (χ1) is 14.0. The van der Waals surface area contributed by atoms with Gasteiger partial charge in [0.1, 0.15) is 22.9 Å². The maximum absolute atomic E-state index is 11.6. The van der Waals surface area contributed by atoms with E-state index in [1.165, 1.54) is 0 Å². The molecule has 0 aliphatic rings. The minimum Gasteiger partial charge on any atom is -0.427 e. The van der Waals surface area contributed by atoms with E-state index in [4.69, 9.17) is 9.72 Å². The number of ether oxygens (including phenoxy) is 1. The molecule has 1 aromatic carbocycles. The van der Waals surface area contributed by atoms with Gasteiger partial charge in [-0.25, -0.2) is 4.98 Å². The van der Waals surface area contributed by atoms with Crippen LogP contribution < -0.4 is 10.1 Å². The van der Waals surface area contributed by atoms with Gasteiger partial charge in [0.05, 0.1) is 0 Å². The second-order valence-electron chi connectivity index (χ2n) is 9.48. The van der Waals surface area contributed by atoms with E-state index in [9.17, 15) is 4.79 Å². The number of carbonyl (C=O) groups is 1. The average Bonchev–Trinajstić information content (AvgIpc) is 2.97. The Morgan fingerprint density at radius 3 is 2.37 bits per heavy atom. The topological polar surface area (TPSA) is 55.6 Å². The molecule has 0 radical (unpaired) electrons. The minimum absolute atomic E-state index is 0.137. The Balaban J connectivity index is 2.04. The van der Waals surface area contributed by atoms with Crippen molar-refractivity contribution in [2.24, 2.45) is 5.41 Å². The van der Waals surface area contributed by atoms with Gasteiger partial charge in [-0.1, -0.05) is 27.7 Å². The van der Waals surface area contributed by atoms with Gasteiger partial charge in [0.15, 0.2) is 0 Å². The molecule has 0 atom stereocenters. The van der Waals surface area contributed by atoms with Crippen LogP contribution in [0.15, 0.2) is 47.1 Å². The van der Waals surface area contributed by atoms with E-state index in [0.29, 0.717) is 12.2 Å². The van der Waals surface area contributed by atoms with E-state index in [0.717, 1.165) is 33.6 Å². The molecule has 1 N–H and O–H groups in total. The summed E-state index contributed by atoms with van der Waals surface area (Å²) in [5, 5.41) is 3.74. The lowest BCUT2D eigenvalue weighted by Crippen LogP contribution is -2.36. The molecular formula is C24H30BrN3O2. The predicted molar refractivity (Wildman–Crippen MR) is 126 cm³/mol. The third-order valence-electron chi connectivity index (χ3n) is 4.66. The van der Waals surface area contributed by atoms with Crippen molar-refractivity contribution in [3.63, 3.8) is 0 Å². The van der Waals surface area contributed by atoms with Crippen LogP contribution in [0.3, 0.4) is 0 Å². The second-order valence-corrected chi connectivity index (χ2v) is 10.4. The van der Waals surface area contributed by atoms with Gasteiger partial charge < -0.3 is 10.1 Å². The van der Waals surface area contributed by atoms with Crippen LogP contribution >= 0.6 is 15.9 Å². The van der Waals surface area contributed by atoms with Crippen molar-refractivity contribution in [1.82, 2.24) is 9.38 Å². The van der Waals surface area contributed by atoms with Gasteiger partial charge in [0.2, 0.25) is 0 Å². The number of fused-ring (bicyclic) bond motifs is 1. The van der Waals surface area contributed by atoms with Gasteiger partial charge in [-0.2, -0.15) is 0 Å². The molecular weight excluding hydrogens is 442 g/mol. The number of benzene rings is 1. The zero-order chi connectivity index (χ0) is 22.1. The lowest BCUT2D eigenvalue weighted by molar-refractivity contribution is -0.134. The highest BCUT2D eigenvalue weighted by molar-refractivity contribution is 9.10. The molecule has 160 valence electrons. The first-order valence-electron chi connectivity index (χ1n) is 10.2. The fourth-order valence-electron chi connectivity index (χ4n) is 3.91. The average molecular weight is 472 g/mol. The van der Waals surface area contributed by atoms with Gasteiger partial charge in [0, 0.05) is 28.2 Å². The zero-order valence-corrected chi connectivity index (χ0v) is 20.1. The maximum Gasteiger partial charge on any atom is 0.310 e. The normalized spacial score (nSPS) is 12.2. The number of anilines is 1. The van der Waals surface area contributed by atoms with Gasteiger partial charge in [-0.15, -0.1) is 0 Å². The van der Waals surface area contributed by atoms with E-state index >= 15 is 0 Å². The van der Waals surface area contributed by atoms with Crippen LogP contribution in [0.2, 0.25) is 0 Å². The molecule has 5 nitrogen and oxygen atoms in total. The van der Waals surface area contributed by atoms with Crippen LogP contribution in [0.5, 0.6) is 5.75 Å². The summed E-state index contributed by atoms with van der Waals surface area (Å²) in [6.07, 6.45) is 3.37. The number of hydrogen-bond acceptors (Lipinski definition) is 4. The minimum atomic E-state index is -0.244. The quantitative estimate of drug-likeness (QED) is 0.320. The number of hydrogen-bond donors (Lipinski definition) is 1. The Labute approximate surface area is 187 Å².